The lowest BCUT2D eigenvalue weighted by molar-refractivity contribution is -0.116. The van der Waals surface area contributed by atoms with E-state index in [0.717, 1.165) is 22.1 Å². The van der Waals surface area contributed by atoms with Gasteiger partial charge in [-0.2, -0.15) is 0 Å². The van der Waals surface area contributed by atoms with Gasteiger partial charge in [0.2, 0.25) is 5.91 Å². The molecule has 0 radical (unpaired) electrons. The first kappa shape index (κ1) is 17.1. The van der Waals surface area contributed by atoms with Crippen LogP contribution in [0.3, 0.4) is 0 Å². The number of methoxy groups -OCH3 is 1. The molecule has 3 rings (SSSR count). The molecule has 25 heavy (non-hydrogen) atoms. The quantitative estimate of drug-likeness (QED) is 0.682. The molecular weight excluding hydrogens is 336 g/mol. The summed E-state index contributed by atoms with van der Waals surface area (Å²) in [6, 6.07) is 18.7. The van der Waals surface area contributed by atoms with Crippen LogP contribution < -0.4 is 15.4 Å². The summed E-state index contributed by atoms with van der Waals surface area (Å²) in [5.74, 6) is 0.475. The van der Waals surface area contributed by atoms with Crippen LogP contribution in [0.15, 0.2) is 60.7 Å². The molecule has 0 spiro atoms. The van der Waals surface area contributed by atoms with Crippen LogP contribution in [0.25, 0.3) is 10.8 Å². The monoisotopic (exact) mass is 354 g/mol. The summed E-state index contributed by atoms with van der Waals surface area (Å²) in [5, 5.41) is 8.73. The summed E-state index contributed by atoms with van der Waals surface area (Å²) in [7, 11) is 1.56. The standard InChI is InChI=1S/C20H19ClN2O2/c1-13(22-15-10-11-19(25-2)17(21)12-15)20(24)23-18-9-5-7-14-6-3-4-8-16(14)18/h3-13,22H,1-2H3,(H,23,24). The fourth-order valence-electron chi connectivity index (χ4n) is 2.65. The van der Waals surface area contributed by atoms with Crippen molar-refractivity contribution in [3.63, 3.8) is 0 Å². The number of nitrogens with one attached hydrogen (secondary N) is 2. The highest BCUT2D eigenvalue weighted by Crippen LogP contribution is 2.28. The lowest BCUT2D eigenvalue weighted by Crippen LogP contribution is -2.31. The Kier molecular flexibility index (Phi) is 5.10. The van der Waals surface area contributed by atoms with E-state index >= 15 is 0 Å². The van der Waals surface area contributed by atoms with Crippen LogP contribution in [-0.2, 0) is 4.79 Å². The van der Waals surface area contributed by atoms with E-state index in [4.69, 9.17) is 16.3 Å². The molecular formula is C20H19ClN2O2. The number of amides is 1. The van der Waals surface area contributed by atoms with Crippen molar-refractivity contribution in [1.82, 2.24) is 0 Å². The topological polar surface area (TPSA) is 50.4 Å². The number of carbonyl (C=O) groups excluding carboxylic acids is 1. The van der Waals surface area contributed by atoms with Crippen molar-refractivity contribution >= 4 is 39.7 Å². The Morgan fingerprint density at radius 2 is 1.84 bits per heavy atom. The first-order chi connectivity index (χ1) is 12.1. The minimum atomic E-state index is -0.427. The lowest BCUT2D eigenvalue weighted by atomic mass is 10.1. The van der Waals surface area contributed by atoms with Gasteiger partial charge in [-0.05, 0) is 36.6 Å². The Labute approximate surface area is 151 Å². The maximum absolute atomic E-state index is 12.5. The molecule has 1 unspecified atom stereocenters. The van der Waals surface area contributed by atoms with Crippen LogP contribution in [0.2, 0.25) is 5.02 Å². The van der Waals surface area contributed by atoms with E-state index in [0.29, 0.717) is 10.8 Å². The summed E-state index contributed by atoms with van der Waals surface area (Å²) in [6.07, 6.45) is 0. The van der Waals surface area contributed by atoms with Crippen molar-refractivity contribution in [3.05, 3.63) is 65.7 Å². The lowest BCUT2D eigenvalue weighted by Gasteiger charge is -2.17. The highest BCUT2D eigenvalue weighted by atomic mass is 35.5. The van der Waals surface area contributed by atoms with Gasteiger partial charge in [-0.1, -0.05) is 48.0 Å². The molecule has 0 saturated heterocycles. The van der Waals surface area contributed by atoms with Gasteiger partial charge in [-0.25, -0.2) is 0 Å². The molecule has 1 atom stereocenters. The number of hydrogen-bond acceptors (Lipinski definition) is 3. The molecule has 0 fully saturated rings. The van der Waals surface area contributed by atoms with Gasteiger partial charge < -0.3 is 15.4 Å². The van der Waals surface area contributed by atoms with E-state index in [2.05, 4.69) is 10.6 Å². The van der Waals surface area contributed by atoms with E-state index < -0.39 is 6.04 Å². The van der Waals surface area contributed by atoms with Gasteiger partial charge in [0.15, 0.2) is 0 Å². The zero-order valence-electron chi connectivity index (χ0n) is 14.0. The Morgan fingerprint density at radius 1 is 1.08 bits per heavy atom. The third-order valence-electron chi connectivity index (χ3n) is 3.98. The number of fused-ring (bicyclic) bond motifs is 1. The van der Waals surface area contributed by atoms with E-state index in [1.54, 1.807) is 26.2 Å². The van der Waals surface area contributed by atoms with E-state index in [9.17, 15) is 4.79 Å². The van der Waals surface area contributed by atoms with Gasteiger partial charge in [0, 0.05) is 16.8 Å². The third-order valence-corrected chi connectivity index (χ3v) is 4.27. The average molecular weight is 355 g/mol. The van der Waals surface area contributed by atoms with Crippen LogP contribution in [0.1, 0.15) is 6.92 Å². The normalized spacial score (nSPS) is 11.8. The maximum Gasteiger partial charge on any atom is 0.246 e. The Morgan fingerprint density at radius 3 is 2.60 bits per heavy atom. The molecule has 0 saturated carbocycles. The minimum Gasteiger partial charge on any atom is -0.495 e. The highest BCUT2D eigenvalue weighted by Gasteiger charge is 2.14. The molecule has 0 aliphatic carbocycles. The van der Waals surface area contributed by atoms with Gasteiger partial charge in [0.25, 0.3) is 0 Å². The maximum atomic E-state index is 12.5. The van der Waals surface area contributed by atoms with Gasteiger partial charge in [-0.15, -0.1) is 0 Å². The average Bonchev–Trinajstić information content (AvgIpc) is 2.62. The molecule has 5 heteroatoms. The number of carbonyl (C=O) groups is 1. The second kappa shape index (κ2) is 7.45. The van der Waals surface area contributed by atoms with E-state index in [1.165, 1.54) is 0 Å². The highest BCUT2D eigenvalue weighted by molar-refractivity contribution is 6.32. The molecule has 3 aromatic carbocycles. The molecule has 128 valence electrons. The second-order valence-electron chi connectivity index (χ2n) is 5.73. The number of benzene rings is 3. The summed E-state index contributed by atoms with van der Waals surface area (Å²) >= 11 is 6.12. The van der Waals surface area contributed by atoms with Crippen molar-refractivity contribution in [3.8, 4) is 5.75 Å². The van der Waals surface area contributed by atoms with Crippen molar-refractivity contribution in [2.45, 2.75) is 13.0 Å². The summed E-state index contributed by atoms with van der Waals surface area (Å²) < 4.78 is 5.13. The van der Waals surface area contributed by atoms with Gasteiger partial charge >= 0.3 is 0 Å². The molecule has 2 N–H and O–H groups in total. The number of anilines is 2. The molecule has 1 amide bonds. The first-order valence-corrected chi connectivity index (χ1v) is 8.35. The molecule has 4 nitrogen and oxygen atoms in total. The summed E-state index contributed by atoms with van der Waals surface area (Å²) in [6.45, 7) is 1.80. The largest absolute Gasteiger partial charge is 0.495 e. The Hall–Kier alpha value is -2.72. The van der Waals surface area contributed by atoms with Crippen molar-refractivity contribution in [1.29, 1.82) is 0 Å². The van der Waals surface area contributed by atoms with Crippen molar-refractivity contribution in [2.24, 2.45) is 0 Å². The number of halogens is 1. The third kappa shape index (κ3) is 3.86. The zero-order valence-corrected chi connectivity index (χ0v) is 14.8. The minimum absolute atomic E-state index is 0.122. The summed E-state index contributed by atoms with van der Waals surface area (Å²) in [5.41, 5.74) is 1.55. The fraction of sp³-hybridized carbons (Fsp3) is 0.150. The number of hydrogen-bond donors (Lipinski definition) is 2. The predicted octanol–water partition coefficient (Wildman–Crippen LogP) is 4.94. The van der Waals surface area contributed by atoms with Crippen molar-refractivity contribution < 1.29 is 9.53 Å². The Bertz CT molecular complexity index is 906. The first-order valence-electron chi connectivity index (χ1n) is 7.97. The fourth-order valence-corrected chi connectivity index (χ4v) is 2.90. The molecule has 3 aromatic rings. The van der Waals surface area contributed by atoms with Crippen LogP contribution in [0.4, 0.5) is 11.4 Å². The smallest absolute Gasteiger partial charge is 0.246 e. The van der Waals surface area contributed by atoms with E-state index in [-0.39, 0.29) is 5.91 Å². The SMILES string of the molecule is COc1ccc(NC(C)C(=O)Nc2cccc3ccccc23)cc1Cl. The molecule has 0 aromatic heterocycles. The van der Waals surface area contributed by atoms with E-state index in [1.807, 2.05) is 48.5 Å². The molecule has 0 aliphatic heterocycles. The van der Waals surface area contributed by atoms with Gasteiger partial charge in [-0.3, -0.25) is 4.79 Å². The zero-order chi connectivity index (χ0) is 17.8. The van der Waals surface area contributed by atoms with Crippen LogP contribution >= 0.6 is 11.6 Å². The van der Waals surface area contributed by atoms with Gasteiger partial charge in [0.1, 0.15) is 11.8 Å². The van der Waals surface area contributed by atoms with Crippen LogP contribution in [-0.4, -0.2) is 19.1 Å². The molecule has 0 heterocycles. The Balaban J connectivity index is 1.73. The number of ether oxygens (including phenoxy) is 1. The molecule has 0 bridgehead atoms. The van der Waals surface area contributed by atoms with Crippen LogP contribution in [0.5, 0.6) is 5.75 Å². The van der Waals surface area contributed by atoms with Crippen LogP contribution in [0, 0.1) is 0 Å². The predicted molar refractivity (Wildman–Crippen MR) is 104 cm³/mol. The molecule has 0 aliphatic rings. The van der Waals surface area contributed by atoms with Gasteiger partial charge in [0.05, 0.1) is 12.1 Å². The number of rotatable bonds is 5. The van der Waals surface area contributed by atoms with Crippen molar-refractivity contribution in [2.75, 3.05) is 17.7 Å². The second-order valence-corrected chi connectivity index (χ2v) is 6.14. The summed E-state index contributed by atoms with van der Waals surface area (Å²) in [4.78, 5) is 12.5.